The zero-order valence-corrected chi connectivity index (χ0v) is 12.8. The standard InChI is InChI=1S/C13H15ClFNO3S/c1-8-5-10(20(14,18)19)6-11(12(8)15)13(17)16(2)7-9-3-4-9/h5-6,9H,3-4,7H2,1-2H3. The average Bonchev–Trinajstić information content (AvgIpc) is 3.14. The van der Waals surface area contributed by atoms with E-state index in [2.05, 4.69) is 0 Å². The molecule has 20 heavy (non-hydrogen) atoms. The fraction of sp³-hybridized carbons (Fsp3) is 0.462. The van der Waals surface area contributed by atoms with Crippen LogP contribution in [0.15, 0.2) is 17.0 Å². The predicted molar refractivity (Wildman–Crippen MR) is 73.9 cm³/mol. The zero-order chi connectivity index (χ0) is 15.1. The van der Waals surface area contributed by atoms with Crippen molar-refractivity contribution < 1.29 is 17.6 Å². The molecule has 0 N–H and O–H groups in total. The predicted octanol–water partition coefficient (Wildman–Crippen LogP) is 2.54. The summed E-state index contributed by atoms with van der Waals surface area (Å²) in [7, 11) is 2.84. The van der Waals surface area contributed by atoms with E-state index >= 15 is 0 Å². The molecule has 1 amide bonds. The summed E-state index contributed by atoms with van der Waals surface area (Å²) in [5.74, 6) is -0.769. The van der Waals surface area contributed by atoms with Crippen LogP contribution in [0.25, 0.3) is 0 Å². The quantitative estimate of drug-likeness (QED) is 0.801. The topological polar surface area (TPSA) is 54.5 Å². The molecule has 0 spiro atoms. The second-order valence-electron chi connectivity index (χ2n) is 5.17. The van der Waals surface area contributed by atoms with E-state index in [9.17, 15) is 17.6 Å². The van der Waals surface area contributed by atoms with E-state index in [1.165, 1.54) is 11.8 Å². The van der Waals surface area contributed by atoms with Crippen LogP contribution in [0.2, 0.25) is 0 Å². The van der Waals surface area contributed by atoms with E-state index in [1.54, 1.807) is 7.05 Å². The molecular weight excluding hydrogens is 305 g/mol. The van der Waals surface area contributed by atoms with Gasteiger partial charge in [-0.25, -0.2) is 12.8 Å². The Balaban J connectivity index is 2.38. The largest absolute Gasteiger partial charge is 0.341 e. The van der Waals surface area contributed by atoms with Crippen molar-refractivity contribution in [2.45, 2.75) is 24.7 Å². The normalized spacial score (nSPS) is 15.2. The van der Waals surface area contributed by atoms with E-state index in [0.717, 1.165) is 25.0 Å². The van der Waals surface area contributed by atoms with Crippen LogP contribution in [-0.4, -0.2) is 32.8 Å². The first-order valence-electron chi connectivity index (χ1n) is 6.20. The molecule has 0 radical (unpaired) electrons. The van der Waals surface area contributed by atoms with Gasteiger partial charge in [-0.15, -0.1) is 0 Å². The molecule has 1 aromatic rings. The summed E-state index contributed by atoms with van der Waals surface area (Å²) in [5.41, 5.74) is -0.178. The Labute approximate surface area is 121 Å². The number of hydrogen-bond donors (Lipinski definition) is 0. The minimum Gasteiger partial charge on any atom is -0.341 e. The Kier molecular flexibility index (Phi) is 4.07. The second kappa shape index (κ2) is 5.33. The van der Waals surface area contributed by atoms with Gasteiger partial charge in [-0.2, -0.15) is 0 Å². The molecule has 1 aromatic carbocycles. The van der Waals surface area contributed by atoms with Crippen molar-refractivity contribution >= 4 is 25.6 Å². The van der Waals surface area contributed by atoms with Gasteiger partial charge in [0.2, 0.25) is 0 Å². The number of carbonyl (C=O) groups excluding carboxylic acids is 1. The third-order valence-electron chi connectivity index (χ3n) is 3.32. The summed E-state index contributed by atoms with van der Waals surface area (Å²) in [6.07, 6.45) is 2.13. The molecule has 2 rings (SSSR count). The SMILES string of the molecule is Cc1cc(S(=O)(=O)Cl)cc(C(=O)N(C)CC2CC2)c1F. The molecule has 7 heteroatoms. The highest BCUT2D eigenvalue weighted by Gasteiger charge is 2.27. The van der Waals surface area contributed by atoms with Gasteiger partial charge in [0.1, 0.15) is 5.82 Å². The Hall–Kier alpha value is -1.14. The molecule has 0 saturated heterocycles. The molecule has 1 aliphatic carbocycles. The van der Waals surface area contributed by atoms with Gasteiger partial charge < -0.3 is 4.90 Å². The molecule has 1 saturated carbocycles. The van der Waals surface area contributed by atoms with E-state index in [1.807, 2.05) is 0 Å². The van der Waals surface area contributed by atoms with Crippen LogP contribution in [-0.2, 0) is 9.05 Å². The number of rotatable bonds is 4. The lowest BCUT2D eigenvalue weighted by Crippen LogP contribution is -2.29. The Morgan fingerprint density at radius 2 is 2.05 bits per heavy atom. The van der Waals surface area contributed by atoms with Crippen LogP contribution in [0, 0.1) is 18.7 Å². The fourth-order valence-corrected chi connectivity index (χ4v) is 2.85. The fourth-order valence-electron chi connectivity index (χ4n) is 2.01. The number of benzene rings is 1. The summed E-state index contributed by atoms with van der Waals surface area (Å²) in [6, 6.07) is 2.12. The monoisotopic (exact) mass is 319 g/mol. The molecule has 0 atom stereocenters. The maximum Gasteiger partial charge on any atom is 0.261 e. The molecule has 4 nitrogen and oxygen atoms in total. The molecule has 0 heterocycles. The van der Waals surface area contributed by atoms with Gasteiger partial charge in [-0.3, -0.25) is 4.79 Å². The maximum absolute atomic E-state index is 14.0. The Morgan fingerprint density at radius 3 is 2.55 bits per heavy atom. The van der Waals surface area contributed by atoms with Crippen molar-refractivity contribution in [3.05, 3.63) is 29.1 Å². The van der Waals surface area contributed by atoms with Crippen LogP contribution in [0.3, 0.4) is 0 Å². The van der Waals surface area contributed by atoms with Crippen LogP contribution in [0.1, 0.15) is 28.8 Å². The second-order valence-corrected chi connectivity index (χ2v) is 7.73. The van der Waals surface area contributed by atoms with Crippen molar-refractivity contribution in [3.8, 4) is 0 Å². The van der Waals surface area contributed by atoms with Gasteiger partial charge >= 0.3 is 0 Å². The first-order valence-corrected chi connectivity index (χ1v) is 8.51. The molecule has 0 bridgehead atoms. The lowest BCUT2D eigenvalue weighted by Gasteiger charge is -2.18. The van der Waals surface area contributed by atoms with Crippen molar-refractivity contribution in [2.24, 2.45) is 5.92 Å². The summed E-state index contributed by atoms with van der Waals surface area (Å²) in [4.78, 5) is 13.4. The summed E-state index contributed by atoms with van der Waals surface area (Å²) < 4.78 is 36.7. The minimum atomic E-state index is -4.00. The molecular formula is C13H15ClFNO3S. The number of carbonyl (C=O) groups is 1. The van der Waals surface area contributed by atoms with E-state index in [-0.39, 0.29) is 16.0 Å². The third-order valence-corrected chi connectivity index (χ3v) is 4.65. The summed E-state index contributed by atoms with van der Waals surface area (Å²) >= 11 is 0. The van der Waals surface area contributed by atoms with Crippen molar-refractivity contribution in [1.29, 1.82) is 0 Å². The number of aryl methyl sites for hydroxylation is 1. The van der Waals surface area contributed by atoms with Crippen LogP contribution in [0.5, 0.6) is 0 Å². The molecule has 0 unspecified atom stereocenters. The van der Waals surface area contributed by atoms with E-state index in [0.29, 0.717) is 12.5 Å². The maximum atomic E-state index is 14.0. The van der Waals surface area contributed by atoms with E-state index < -0.39 is 20.8 Å². The smallest absolute Gasteiger partial charge is 0.261 e. The highest BCUT2D eigenvalue weighted by Crippen LogP contribution is 2.30. The van der Waals surface area contributed by atoms with Gasteiger partial charge in [-0.1, -0.05) is 0 Å². The van der Waals surface area contributed by atoms with Crippen molar-refractivity contribution in [1.82, 2.24) is 4.90 Å². The van der Waals surface area contributed by atoms with Gasteiger partial charge in [0.05, 0.1) is 10.5 Å². The summed E-state index contributed by atoms with van der Waals surface area (Å²) in [5, 5.41) is 0. The zero-order valence-electron chi connectivity index (χ0n) is 11.2. The lowest BCUT2D eigenvalue weighted by atomic mass is 10.1. The van der Waals surface area contributed by atoms with Crippen LogP contribution >= 0.6 is 10.7 Å². The summed E-state index contributed by atoms with van der Waals surface area (Å²) in [6.45, 7) is 1.95. The van der Waals surface area contributed by atoms with Gasteiger partial charge in [-0.05, 0) is 43.4 Å². The number of amides is 1. The number of nitrogens with zero attached hydrogens (tertiary/aromatic N) is 1. The lowest BCUT2D eigenvalue weighted by molar-refractivity contribution is 0.0783. The minimum absolute atomic E-state index is 0.0786. The average molecular weight is 320 g/mol. The molecule has 110 valence electrons. The molecule has 1 aliphatic rings. The molecule has 0 aromatic heterocycles. The van der Waals surface area contributed by atoms with E-state index in [4.69, 9.17) is 10.7 Å². The first-order chi connectivity index (χ1) is 9.20. The van der Waals surface area contributed by atoms with Gasteiger partial charge in [0, 0.05) is 24.3 Å². The third kappa shape index (κ3) is 3.30. The Bertz CT molecular complexity index is 656. The Morgan fingerprint density at radius 1 is 1.45 bits per heavy atom. The van der Waals surface area contributed by atoms with Crippen molar-refractivity contribution in [3.63, 3.8) is 0 Å². The highest BCUT2D eigenvalue weighted by atomic mass is 35.7. The van der Waals surface area contributed by atoms with Crippen LogP contribution < -0.4 is 0 Å². The highest BCUT2D eigenvalue weighted by molar-refractivity contribution is 8.13. The van der Waals surface area contributed by atoms with Gasteiger partial charge in [0.25, 0.3) is 15.0 Å². The van der Waals surface area contributed by atoms with Crippen molar-refractivity contribution in [2.75, 3.05) is 13.6 Å². The first kappa shape index (κ1) is 15.3. The molecule has 1 fully saturated rings. The van der Waals surface area contributed by atoms with Crippen LogP contribution in [0.4, 0.5) is 4.39 Å². The van der Waals surface area contributed by atoms with Gasteiger partial charge in [0.15, 0.2) is 0 Å². The molecule has 0 aliphatic heterocycles. The number of hydrogen-bond acceptors (Lipinski definition) is 3. The number of halogens is 2.